The Balaban J connectivity index is 0.00000200. The van der Waals surface area contributed by atoms with Gasteiger partial charge in [0.05, 0.1) is 11.4 Å². The van der Waals surface area contributed by atoms with Gasteiger partial charge in [0.2, 0.25) is 5.91 Å². The second-order valence-electron chi connectivity index (χ2n) is 4.26. The number of anilines is 1. The van der Waals surface area contributed by atoms with Crippen LogP contribution >= 0.6 is 24.2 Å². The summed E-state index contributed by atoms with van der Waals surface area (Å²) in [7, 11) is 1.88. The lowest BCUT2D eigenvalue weighted by molar-refractivity contribution is -0.113. The minimum atomic E-state index is -0.108. The summed E-state index contributed by atoms with van der Waals surface area (Å²) in [6.45, 7) is 1.51. The van der Waals surface area contributed by atoms with Gasteiger partial charge in [0.15, 0.2) is 0 Å². The highest BCUT2D eigenvalue weighted by Gasteiger charge is 2.17. The lowest BCUT2D eigenvalue weighted by Crippen LogP contribution is -2.27. The second kappa shape index (κ2) is 8.14. The molecule has 0 aromatic heterocycles. The number of rotatable bonds is 5. The van der Waals surface area contributed by atoms with Crippen molar-refractivity contribution in [3.8, 4) is 0 Å². The Hall–Kier alpha value is -1.24. The number of nitrogens with one attached hydrogen (secondary N) is 3. The number of carbonyl (C=O) groups excluding carboxylic acids is 2. The smallest absolute Gasteiger partial charge is 0.251 e. The van der Waals surface area contributed by atoms with E-state index in [-0.39, 0.29) is 24.2 Å². The average Bonchev–Trinajstić information content (AvgIpc) is 2.42. The predicted molar refractivity (Wildman–Crippen MR) is 83.9 cm³/mol. The SMILES string of the molecule is CNCCCNC(=O)c1ccc2c(c1)NC(=O)CS2.Cl. The van der Waals surface area contributed by atoms with Crippen LogP contribution in [0.3, 0.4) is 0 Å². The summed E-state index contributed by atoms with van der Waals surface area (Å²) < 4.78 is 0. The molecule has 1 aromatic carbocycles. The molecule has 3 N–H and O–H groups in total. The van der Waals surface area contributed by atoms with Gasteiger partial charge in [-0.05, 0) is 38.2 Å². The fraction of sp³-hybridized carbons (Fsp3) is 0.385. The molecule has 0 fully saturated rings. The Morgan fingerprint density at radius 3 is 2.95 bits per heavy atom. The van der Waals surface area contributed by atoms with Crippen LogP contribution in [0.1, 0.15) is 16.8 Å². The zero-order valence-electron chi connectivity index (χ0n) is 11.2. The van der Waals surface area contributed by atoms with Gasteiger partial charge in [-0.1, -0.05) is 0 Å². The Kier molecular flexibility index (Phi) is 6.84. The zero-order chi connectivity index (χ0) is 13.7. The molecule has 1 aromatic rings. The third kappa shape index (κ3) is 4.40. The number of benzene rings is 1. The molecule has 1 heterocycles. The summed E-state index contributed by atoms with van der Waals surface area (Å²) in [4.78, 5) is 24.2. The van der Waals surface area contributed by atoms with Crippen LogP contribution in [0.4, 0.5) is 5.69 Å². The largest absolute Gasteiger partial charge is 0.352 e. The van der Waals surface area contributed by atoms with E-state index in [9.17, 15) is 9.59 Å². The van der Waals surface area contributed by atoms with Crippen LogP contribution in [-0.2, 0) is 4.79 Å². The quantitative estimate of drug-likeness (QED) is 0.720. The number of hydrogen-bond donors (Lipinski definition) is 3. The van der Waals surface area contributed by atoms with Crippen molar-refractivity contribution < 1.29 is 9.59 Å². The van der Waals surface area contributed by atoms with Gasteiger partial charge >= 0.3 is 0 Å². The Morgan fingerprint density at radius 2 is 2.20 bits per heavy atom. The summed E-state index contributed by atoms with van der Waals surface area (Å²) >= 11 is 1.49. The van der Waals surface area contributed by atoms with Crippen LogP contribution in [0, 0.1) is 0 Å². The minimum absolute atomic E-state index is 0. The molecule has 20 heavy (non-hydrogen) atoms. The summed E-state index contributed by atoms with van der Waals surface area (Å²) in [5.74, 6) is 0.301. The molecule has 0 spiro atoms. The summed E-state index contributed by atoms with van der Waals surface area (Å²) in [6, 6.07) is 5.39. The minimum Gasteiger partial charge on any atom is -0.352 e. The highest BCUT2D eigenvalue weighted by molar-refractivity contribution is 8.00. The number of carbonyl (C=O) groups is 2. The summed E-state index contributed by atoms with van der Waals surface area (Å²) in [6.07, 6.45) is 0.889. The van der Waals surface area contributed by atoms with Gasteiger partial charge in [0.25, 0.3) is 5.91 Å². The summed E-state index contributed by atoms with van der Waals surface area (Å²) in [5.41, 5.74) is 1.30. The molecule has 5 nitrogen and oxygen atoms in total. The van der Waals surface area contributed by atoms with E-state index < -0.39 is 0 Å². The first-order valence-electron chi connectivity index (χ1n) is 6.20. The van der Waals surface area contributed by atoms with Gasteiger partial charge in [-0.3, -0.25) is 9.59 Å². The maximum absolute atomic E-state index is 11.9. The molecule has 110 valence electrons. The Bertz CT molecular complexity index is 497. The van der Waals surface area contributed by atoms with Gasteiger partial charge in [-0.15, -0.1) is 24.2 Å². The fourth-order valence-corrected chi connectivity index (χ4v) is 2.58. The van der Waals surface area contributed by atoms with Crippen LogP contribution < -0.4 is 16.0 Å². The topological polar surface area (TPSA) is 70.2 Å². The molecule has 0 saturated heterocycles. The van der Waals surface area contributed by atoms with Gasteiger partial charge in [0.1, 0.15) is 0 Å². The average molecular weight is 316 g/mol. The van der Waals surface area contributed by atoms with Crippen molar-refractivity contribution in [2.75, 3.05) is 31.2 Å². The van der Waals surface area contributed by atoms with Crippen molar-refractivity contribution in [3.05, 3.63) is 23.8 Å². The highest BCUT2D eigenvalue weighted by Crippen LogP contribution is 2.31. The van der Waals surface area contributed by atoms with E-state index in [2.05, 4.69) is 16.0 Å². The first-order chi connectivity index (χ1) is 9.20. The molecule has 0 bridgehead atoms. The molecule has 2 amide bonds. The monoisotopic (exact) mass is 315 g/mol. The predicted octanol–water partition coefficient (Wildman–Crippen LogP) is 1.49. The van der Waals surface area contributed by atoms with E-state index in [0.717, 1.165) is 23.5 Å². The molecular weight excluding hydrogens is 298 g/mol. The van der Waals surface area contributed by atoms with Crippen LogP contribution in [0.25, 0.3) is 0 Å². The van der Waals surface area contributed by atoms with Crippen molar-refractivity contribution in [3.63, 3.8) is 0 Å². The maximum Gasteiger partial charge on any atom is 0.251 e. The van der Waals surface area contributed by atoms with Crippen LogP contribution in [-0.4, -0.2) is 37.7 Å². The van der Waals surface area contributed by atoms with Crippen molar-refractivity contribution in [2.24, 2.45) is 0 Å². The number of hydrogen-bond acceptors (Lipinski definition) is 4. The molecule has 0 atom stereocenters. The van der Waals surface area contributed by atoms with Gasteiger partial charge < -0.3 is 16.0 Å². The van der Waals surface area contributed by atoms with E-state index >= 15 is 0 Å². The normalized spacial score (nSPS) is 12.9. The molecule has 1 aliphatic rings. The van der Waals surface area contributed by atoms with Crippen LogP contribution in [0.15, 0.2) is 23.1 Å². The van der Waals surface area contributed by atoms with E-state index in [1.165, 1.54) is 11.8 Å². The van der Waals surface area contributed by atoms with Gasteiger partial charge in [0, 0.05) is 17.0 Å². The van der Waals surface area contributed by atoms with Crippen LogP contribution in [0.2, 0.25) is 0 Å². The zero-order valence-corrected chi connectivity index (χ0v) is 12.8. The molecule has 1 aliphatic heterocycles. The fourth-order valence-electron chi connectivity index (χ4n) is 1.79. The Labute approximate surface area is 128 Å². The third-order valence-electron chi connectivity index (χ3n) is 2.76. The van der Waals surface area contributed by atoms with Crippen molar-refractivity contribution >= 4 is 41.7 Å². The number of amides is 2. The standard InChI is InChI=1S/C13H17N3O2S.ClH/c1-14-5-2-6-15-13(18)9-3-4-11-10(7-9)16-12(17)8-19-11;/h3-4,7,14H,2,5-6,8H2,1H3,(H,15,18)(H,16,17);1H. The van der Waals surface area contributed by atoms with Crippen molar-refractivity contribution in [1.29, 1.82) is 0 Å². The Morgan fingerprint density at radius 1 is 1.40 bits per heavy atom. The van der Waals surface area contributed by atoms with E-state index in [1.54, 1.807) is 12.1 Å². The van der Waals surface area contributed by atoms with Crippen molar-refractivity contribution in [2.45, 2.75) is 11.3 Å². The first kappa shape index (κ1) is 16.8. The molecule has 7 heteroatoms. The third-order valence-corrected chi connectivity index (χ3v) is 3.84. The van der Waals surface area contributed by atoms with Crippen molar-refractivity contribution in [1.82, 2.24) is 10.6 Å². The molecule has 2 rings (SSSR count). The van der Waals surface area contributed by atoms with Gasteiger partial charge in [-0.25, -0.2) is 0 Å². The second-order valence-corrected chi connectivity index (χ2v) is 5.28. The van der Waals surface area contributed by atoms with E-state index in [0.29, 0.717) is 17.9 Å². The number of fused-ring (bicyclic) bond motifs is 1. The first-order valence-corrected chi connectivity index (χ1v) is 7.19. The highest BCUT2D eigenvalue weighted by atomic mass is 35.5. The van der Waals surface area contributed by atoms with Gasteiger partial charge in [-0.2, -0.15) is 0 Å². The molecule has 0 saturated carbocycles. The summed E-state index contributed by atoms with van der Waals surface area (Å²) in [5, 5.41) is 8.66. The lowest BCUT2D eigenvalue weighted by atomic mass is 10.2. The van der Waals surface area contributed by atoms with E-state index in [1.807, 2.05) is 13.1 Å². The van der Waals surface area contributed by atoms with Crippen LogP contribution in [0.5, 0.6) is 0 Å². The van der Waals surface area contributed by atoms with E-state index in [4.69, 9.17) is 0 Å². The maximum atomic E-state index is 11.9. The molecule has 0 radical (unpaired) electrons. The molecule has 0 aliphatic carbocycles. The number of thioether (sulfide) groups is 1. The number of halogens is 1. The molecular formula is C13H18ClN3O2S. The lowest BCUT2D eigenvalue weighted by Gasteiger charge is -2.16. The molecule has 0 unspecified atom stereocenters.